The molecular formula is C17H23N3OS. The molecule has 0 N–H and O–H groups in total. The van der Waals surface area contributed by atoms with Crippen molar-refractivity contribution in [2.45, 2.75) is 31.8 Å². The molecule has 118 valence electrons. The molecule has 3 heterocycles. The zero-order valence-corrected chi connectivity index (χ0v) is 13.9. The summed E-state index contributed by atoms with van der Waals surface area (Å²) in [6, 6.07) is 2.22. The minimum atomic E-state index is 0.439. The molecule has 0 amide bonds. The van der Waals surface area contributed by atoms with E-state index in [1.54, 1.807) is 11.3 Å². The van der Waals surface area contributed by atoms with E-state index in [9.17, 15) is 0 Å². The SMILES string of the molecule is Cn1cnc2c1[C@H](COCC1CC1)CN(Cc1ccsc1)C2. The number of ether oxygens (including phenoxy) is 1. The Hall–Kier alpha value is -1.17. The van der Waals surface area contributed by atoms with Crippen LogP contribution in [0.3, 0.4) is 0 Å². The van der Waals surface area contributed by atoms with Crippen molar-refractivity contribution >= 4 is 11.3 Å². The minimum absolute atomic E-state index is 0.439. The number of hydrogen-bond acceptors (Lipinski definition) is 4. The molecule has 1 fully saturated rings. The summed E-state index contributed by atoms with van der Waals surface area (Å²) in [5.74, 6) is 1.27. The predicted molar refractivity (Wildman–Crippen MR) is 87.9 cm³/mol. The van der Waals surface area contributed by atoms with Gasteiger partial charge in [0.1, 0.15) is 0 Å². The Labute approximate surface area is 135 Å². The number of rotatable bonds is 6. The molecule has 5 heteroatoms. The highest BCUT2D eigenvalue weighted by atomic mass is 32.1. The highest BCUT2D eigenvalue weighted by molar-refractivity contribution is 7.07. The van der Waals surface area contributed by atoms with Crippen molar-refractivity contribution in [3.8, 4) is 0 Å². The molecule has 0 aromatic carbocycles. The van der Waals surface area contributed by atoms with Crippen molar-refractivity contribution in [3.05, 3.63) is 40.1 Å². The molecular weight excluding hydrogens is 294 g/mol. The van der Waals surface area contributed by atoms with Crippen LogP contribution in [-0.2, 0) is 24.9 Å². The summed E-state index contributed by atoms with van der Waals surface area (Å²) in [6.07, 6.45) is 4.66. The van der Waals surface area contributed by atoms with Crippen LogP contribution in [0.5, 0.6) is 0 Å². The zero-order chi connectivity index (χ0) is 14.9. The van der Waals surface area contributed by atoms with Gasteiger partial charge < -0.3 is 9.30 Å². The van der Waals surface area contributed by atoms with E-state index >= 15 is 0 Å². The lowest BCUT2D eigenvalue weighted by Crippen LogP contribution is -2.36. The minimum Gasteiger partial charge on any atom is -0.380 e. The summed E-state index contributed by atoms with van der Waals surface area (Å²) >= 11 is 1.77. The Balaban J connectivity index is 1.46. The van der Waals surface area contributed by atoms with Gasteiger partial charge in [-0.1, -0.05) is 0 Å². The van der Waals surface area contributed by atoms with E-state index in [0.29, 0.717) is 5.92 Å². The summed E-state index contributed by atoms with van der Waals surface area (Å²) in [4.78, 5) is 7.11. The van der Waals surface area contributed by atoms with Gasteiger partial charge in [0.25, 0.3) is 0 Å². The van der Waals surface area contributed by atoms with Crippen LogP contribution >= 0.6 is 11.3 Å². The third kappa shape index (κ3) is 3.12. The van der Waals surface area contributed by atoms with Crippen molar-refractivity contribution in [3.63, 3.8) is 0 Å². The maximum Gasteiger partial charge on any atom is 0.0949 e. The van der Waals surface area contributed by atoms with Gasteiger partial charge in [-0.2, -0.15) is 11.3 Å². The summed E-state index contributed by atoms with van der Waals surface area (Å²) < 4.78 is 8.18. The molecule has 0 spiro atoms. The van der Waals surface area contributed by atoms with Gasteiger partial charge in [0.05, 0.1) is 18.6 Å². The molecule has 4 nitrogen and oxygen atoms in total. The number of nitrogens with zero attached hydrogens (tertiary/aromatic N) is 3. The first-order chi connectivity index (χ1) is 10.8. The van der Waals surface area contributed by atoms with Crippen LogP contribution in [0, 0.1) is 5.92 Å². The molecule has 4 rings (SSSR count). The second-order valence-electron chi connectivity index (χ2n) is 6.67. The fourth-order valence-corrected chi connectivity index (χ4v) is 4.02. The molecule has 1 aliphatic heterocycles. The van der Waals surface area contributed by atoms with Crippen molar-refractivity contribution in [1.29, 1.82) is 0 Å². The maximum atomic E-state index is 6.00. The van der Waals surface area contributed by atoms with Gasteiger partial charge in [0.2, 0.25) is 0 Å². The second-order valence-corrected chi connectivity index (χ2v) is 7.45. The van der Waals surface area contributed by atoms with Gasteiger partial charge in [-0.3, -0.25) is 4.90 Å². The maximum absolute atomic E-state index is 6.00. The van der Waals surface area contributed by atoms with E-state index in [0.717, 1.165) is 38.8 Å². The topological polar surface area (TPSA) is 30.3 Å². The molecule has 2 aliphatic rings. The summed E-state index contributed by atoms with van der Waals surface area (Å²) in [6.45, 7) is 4.79. The fourth-order valence-electron chi connectivity index (χ4n) is 3.36. The van der Waals surface area contributed by atoms with Crippen LogP contribution in [0.4, 0.5) is 0 Å². The molecule has 0 saturated heterocycles. The molecule has 2 aromatic heterocycles. The summed E-state index contributed by atoms with van der Waals surface area (Å²) in [7, 11) is 2.11. The lowest BCUT2D eigenvalue weighted by molar-refractivity contribution is 0.0868. The van der Waals surface area contributed by atoms with Crippen LogP contribution < -0.4 is 0 Å². The lowest BCUT2D eigenvalue weighted by atomic mass is 9.98. The monoisotopic (exact) mass is 317 g/mol. The Bertz CT molecular complexity index is 618. The van der Waals surface area contributed by atoms with Gasteiger partial charge in [-0.25, -0.2) is 4.98 Å². The van der Waals surface area contributed by atoms with E-state index in [2.05, 4.69) is 38.3 Å². The molecule has 0 unspecified atom stereocenters. The highest BCUT2D eigenvalue weighted by Gasteiger charge is 2.30. The van der Waals surface area contributed by atoms with Gasteiger partial charge in [0, 0.05) is 44.9 Å². The van der Waals surface area contributed by atoms with Crippen molar-refractivity contribution < 1.29 is 4.74 Å². The average Bonchev–Trinajstić information content (AvgIpc) is 3.04. The van der Waals surface area contributed by atoms with E-state index in [-0.39, 0.29) is 0 Å². The molecule has 1 aliphatic carbocycles. The van der Waals surface area contributed by atoms with Crippen molar-refractivity contribution in [2.75, 3.05) is 19.8 Å². The predicted octanol–water partition coefficient (Wildman–Crippen LogP) is 3.01. The van der Waals surface area contributed by atoms with Gasteiger partial charge >= 0.3 is 0 Å². The molecule has 1 atom stereocenters. The van der Waals surface area contributed by atoms with E-state index in [1.807, 2.05) is 6.33 Å². The van der Waals surface area contributed by atoms with Crippen LogP contribution in [0.15, 0.2) is 23.2 Å². The Morgan fingerprint density at radius 2 is 2.27 bits per heavy atom. The molecule has 22 heavy (non-hydrogen) atoms. The molecule has 0 radical (unpaired) electrons. The van der Waals surface area contributed by atoms with Gasteiger partial charge in [0.15, 0.2) is 0 Å². The third-order valence-electron chi connectivity index (χ3n) is 4.66. The zero-order valence-electron chi connectivity index (χ0n) is 13.1. The fraction of sp³-hybridized carbons (Fsp3) is 0.588. The van der Waals surface area contributed by atoms with Crippen molar-refractivity contribution in [1.82, 2.24) is 14.5 Å². The smallest absolute Gasteiger partial charge is 0.0949 e. The molecule has 1 saturated carbocycles. The van der Waals surface area contributed by atoms with E-state index < -0.39 is 0 Å². The van der Waals surface area contributed by atoms with Crippen LogP contribution in [0.25, 0.3) is 0 Å². The highest BCUT2D eigenvalue weighted by Crippen LogP contribution is 2.31. The number of imidazole rings is 1. The number of hydrogen-bond donors (Lipinski definition) is 0. The standard InChI is InChI=1S/C17H23N3OS/c1-19-12-18-16-8-20(6-14-4-5-22-11-14)7-15(17(16)19)10-21-9-13-2-3-13/h4-5,11-13,15H,2-3,6-10H2,1H3/t15-/m0/s1. The first-order valence-electron chi connectivity index (χ1n) is 8.11. The average molecular weight is 317 g/mol. The summed E-state index contributed by atoms with van der Waals surface area (Å²) in [5.41, 5.74) is 4.00. The van der Waals surface area contributed by atoms with Crippen LogP contribution in [-0.4, -0.2) is 34.2 Å². The van der Waals surface area contributed by atoms with Crippen molar-refractivity contribution in [2.24, 2.45) is 13.0 Å². The molecule has 0 bridgehead atoms. The molecule has 2 aromatic rings. The Kier molecular flexibility index (Phi) is 4.03. The number of thiophene rings is 1. The summed E-state index contributed by atoms with van der Waals surface area (Å²) in [5, 5.41) is 4.40. The van der Waals surface area contributed by atoms with E-state index in [1.165, 1.54) is 29.8 Å². The van der Waals surface area contributed by atoms with Gasteiger partial charge in [-0.05, 0) is 41.1 Å². The quantitative estimate of drug-likeness (QED) is 0.820. The van der Waals surface area contributed by atoms with Crippen LogP contribution in [0.2, 0.25) is 0 Å². The second kappa shape index (κ2) is 6.14. The Morgan fingerprint density at radius 1 is 1.36 bits per heavy atom. The third-order valence-corrected chi connectivity index (χ3v) is 5.39. The first-order valence-corrected chi connectivity index (χ1v) is 9.05. The normalized spacial score (nSPS) is 22.0. The number of aryl methyl sites for hydroxylation is 1. The lowest BCUT2D eigenvalue weighted by Gasteiger charge is -2.32. The largest absolute Gasteiger partial charge is 0.380 e. The van der Waals surface area contributed by atoms with E-state index in [4.69, 9.17) is 4.74 Å². The number of fused-ring (bicyclic) bond motifs is 1. The Morgan fingerprint density at radius 3 is 3.05 bits per heavy atom. The van der Waals surface area contributed by atoms with Gasteiger partial charge in [-0.15, -0.1) is 0 Å². The first kappa shape index (κ1) is 14.4. The van der Waals surface area contributed by atoms with Crippen LogP contribution in [0.1, 0.15) is 35.7 Å². The number of aromatic nitrogens is 2.